The highest BCUT2D eigenvalue weighted by Gasteiger charge is 2.14. The number of aromatic nitrogens is 5. The lowest BCUT2D eigenvalue weighted by Gasteiger charge is -2.10. The molecule has 4 rings (SSSR count). The lowest BCUT2D eigenvalue weighted by molar-refractivity contribution is 0.0946. The Hall–Kier alpha value is -3.79. The highest BCUT2D eigenvalue weighted by molar-refractivity contribution is 7.13. The summed E-state index contributed by atoms with van der Waals surface area (Å²) < 4.78 is 1.60. The third-order valence-electron chi connectivity index (χ3n) is 4.36. The molecular formula is C21H22N8OS. The van der Waals surface area contributed by atoms with Crippen LogP contribution in [0.3, 0.4) is 0 Å². The largest absolute Gasteiger partial charge is 0.368 e. The molecule has 0 bridgehead atoms. The molecule has 10 heteroatoms. The van der Waals surface area contributed by atoms with Crippen LogP contribution in [0.2, 0.25) is 0 Å². The zero-order chi connectivity index (χ0) is 21.6. The number of anilines is 3. The minimum atomic E-state index is -0.170. The predicted molar refractivity (Wildman–Crippen MR) is 122 cm³/mol. The van der Waals surface area contributed by atoms with E-state index in [2.05, 4.69) is 36.0 Å². The Balaban J connectivity index is 1.31. The summed E-state index contributed by atoms with van der Waals surface area (Å²) in [5.41, 5.74) is 1.31. The summed E-state index contributed by atoms with van der Waals surface area (Å²) in [6.45, 7) is 2.77. The molecule has 0 unspecified atom stereocenters. The molecule has 1 amide bonds. The van der Waals surface area contributed by atoms with Crippen LogP contribution in [-0.4, -0.2) is 43.7 Å². The van der Waals surface area contributed by atoms with Gasteiger partial charge >= 0.3 is 0 Å². The van der Waals surface area contributed by atoms with Gasteiger partial charge in [0.2, 0.25) is 0 Å². The normalized spacial score (nSPS) is 10.6. The molecule has 0 fully saturated rings. The number of hydrogen-bond acceptors (Lipinski definition) is 8. The van der Waals surface area contributed by atoms with Crippen molar-refractivity contribution in [1.82, 2.24) is 30.0 Å². The van der Waals surface area contributed by atoms with Crippen molar-refractivity contribution in [2.45, 2.75) is 6.92 Å². The van der Waals surface area contributed by atoms with Gasteiger partial charge in [0, 0.05) is 32.4 Å². The monoisotopic (exact) mass is 434 g/mol. The van der Waals surface area contributed by atoms with E-state index in [1.54, 1.807) is 41.4 Å². The van der Waals surface area contributed by atoms with Crippen molar-refractivity contribution in [2.75, 3.05) is 23.7 Å². The van der Waals surface area contributed by atoms with Gasteiger partial charge in [-0.2, -0.15) is 5.10 Å². The zero-order valence-corrected chi connectivity index (χ0v) is 18.0. The lowest BCUT2D eigenvalue weighted by atomic mass is 10.3. The van der Waals surface area contributed by atoms with Crippen molar-refractivity contribution in [2.24, 2.45) is 7.05 Å². The number of nitrogens with zero attached hydrogens (tertiary/aromatic N) is 5. The maximum Gasteiger partial charge on any atom is 0.269 e. The standard InChI is InChI=1S/C21H22N8OS/c1-14-25-19(13-20(26-14)27-18-7-3-4-8-22-18)23-9-10-24-21(30)16-12-15(28-29(16)2)17-6-5-11-31-17/h3-8,11-13H,9-10H2,1-2H3,(H,24,30)(H2,22,23,25,26,27). The van der Waals surface area contributed by atoms with Crippen molar-refractivity contribution in [3.63, 3.8) is 0 Å². The first-order valence-corrected chi connectivity index (χ1v) is 10.6. The fourth-order valence-electron chi connectivity index (χ4n) is 2.97. The molecular weight excluding hydrogens is 412 g/mol. The maximum absolute atomic E-state index is 12.5. The van der Waals surface area contributed by atoms with Gasteiger partial charge in [0.25, 0.3) is 5.91 Å². The summed E-state index contributed by atoms with van der Waals surface area (Å²) in [6, 6.07) is 13.2. The third kappa shape index (κ3) is 5.23. The number of thiophene rings is 1. The Kier molecular flexibility index (Phi) is 6.18. The van der Waals surface area contributed by atoms with E-state index in [0.717, 1.165) is 10.6 Å². The van der Waals surface area contributed by atoms with Gasteiger partial charge in [0.15, 0.2) is 0 Å². The number of aryl methyl sites for hydroxylation is 2. The Morgan fingerprint density at radius 2 is 1.94 bits per heavy atom. The minimum Gasteiger partial charge on any atom is -0.368 e. The molecule has 158 valence electrons. The number of nitrogens with one attached hydrogen (secondary N) is 3. The molecule has 31 heavy (non-hydrogen) atoms. The topological polar surface area (TPSA) is 110 Å². The zero-order valence-electron chi connectivity index (χ0n) is 17.2. The quantitative estimate of drug-likeness (QED) is 0.365. The number of amides is 1. The number of pyridine rings is 1. The van der Waals surface area contributed by atoms with Crippen molar-refractivity contribution in [3.05, 3.63) is 65.6 Å². The molecule has 9 nitrogen and oxygen atoms in total. The van der Waals surface area contributed by atoms with E-state index in [4.69, 9.17) is 0 Å². The van der Waals surface area contributed by atoms with Gasteiger partial charge in [-0.15, -0.1) is 11.3 Å². The van der Waals surface area contributed by atoms with Crippen LogP contribution >= 0.6 is 11.3 Å². The molecule has 0 saturated carbocycles. The molecule has 3 N–H and O–H groups in total. The van der Waals surface area contributed by atoms with Gasteiger partial charge in [-0.05, 0) is 36.6 Å². The molecule has 0 spiro atoms. The second-order valence-corrected chi connectivity index (χ2v) is 7.67. The van der Waals surface area contributed by atoms with E-state index in [-0.39, 0.29) is 5.91 Å². The third-order valence-corrected chi connectivity index (χ3v) is 5.25. The number of carbonyl (C=O) groups is 1. The number of hydrogen-bond donors (Lipinski definition) is 3. The summed E-state index contributed by atoms with van der Waals surface area (Å²) in [5.74, 6) is 2.48. The molecule has 4 aromatic heterocycles. The molecule has 0 saturated heterocycles. The molecule has 0 aromatic carbocycles. The van der Waals surface area contributed by atoms with Crippen molar-refractivity contribution >= 4 is 34.7 Å². The second kappa shape index (κ2) is 9.35. The first-order chi connectivity index (χ1) is 15.1. The Morgan fingerprint density at radius 1 is 1.06 bits per heavy atom. The van der Waals surface area contributed by atoms with Crippen LogP contribution in [0.4, 0.5) is 17.5 Å². The summed E-state index contributed by atoms with van der Waals surface area (Å²) in [4.78, 5) is 26.6. The summed E-state index contributed by atoms with van der Waals surface area (Å²) >= 11 is 1.59. The fourth-order valence-corrected chi connectivity index (χ4v) is 3.65. The van der Waals surface area contributed by atoms with Gasteiger partial charge in [0.1, 0.15) is 34.7 Å². The number of carbonyl (C=O) groups excluding carboxylic acids is 1. The van der Waals surface area contributed by atoms with Crippen LogP contribution in [0.5, 0.6) is 0 Å². The van der Waals surface area contributed by atoms with Crippen molar-refractivity contribution in [3.8, 4) is 10.6 Å². The first-order valence-electron chi connectivity index (χ1n) is 9.72. The van der Waals surface area contributed by atoms with Crippen LogP contribution < -0.4 is 16.0 Å². The van der Waals surface area contributed by atoms with Crippen LogP contribution in [0.25, 0.3) is 10.6 Å². The lowest BCUT2D eigenvalue weighted by Crippen LogP contribution is -2.30. The van der Waals surface area contributed by atoms with E-state index in [1.165, 1.54) is 0 Å². The van der Waals surface area contributed by atoms with Crippen molar-refractivity contribution < 1.29 is 4.79 Å². The molecule has 0 aliphatic carbocycles. The second-order valence-electron chi connectivity index (χ2n) is 6.72. The van der Waals surface area contributed by atoms with E-state index < -0.39 is 0 Å². The Bertz CT molecular complexity index is 1160. The van der Waals surface area contributed by atoms with Crippen molar-refractivity contribution in [1.29, 1.82) is 0 Å². The molecule has 0 aliphatic rings. The van der Waals surface area contributed by atoms with Crippen LogP contribution in [0.1, 0.15) is 16.3 Å². The Morgan fingerprint density at radius 3 is 2.71 bits per heavy atom. The molecule has 0 radical (unpaired) electrons. The van der Waals surface area contributed by atoms with E-state index in [9.17, 15) is 4.79 Å². The molecule has 0 aliphatic heterocycles. The average molecular weight is 435 g/mol. The minimum absolute atomic E-state index is 0.170. The molecule has 4 heterocycles. The highest BCUT2D eigenvalue weighted by Crippen LogP contribution is 2.23. The highest BCUT2D eigenvalue weighted by atomic mass is 32.1. The summed E-state index contributed by atoms with van der Waals surface area (Å²) in [5, 5.41) is 15.7. The number of rotatable bonds is 8. The summed E-state index contributed by atoms with van der Waals surface area (Å²) in [7, 11) is 1.77. The smallest absolute Gasteiger partial charge is 0.269 e. The van der Waals surface area contributed by atoms with Crippen LogP contribution in [0, 0.1) is 6.92 Å². The SMILES string of the molecule is Cc1nc(NCCNC(=O)c2cc(-c3cccs3)nn2C)cc(Nc2ccccn2)n1. The van der Waals surface area contributed by atoms with Crippen LogP contribution in [-0.2, 0) is 7.05 Å². The van der Waals surface area contributed by atoms with Gasteiger partial charge in [-0.1, -0.05) is 12.1 Å². The van der Waals surface area contributed by atoms with Gasteiger partial charge in [-0.3, -0.25) is 9.48 Å². The average Bonchev–Trinajstić information content (AvgIpc) is 3.41. The predicted octanol–water partition coefficient (Wildman–Crippen LogP) is 3.23. The van der Waals surface area contributed by atoms with Crippen LogP contribution in [0.15, 0.2) is 54.0 Å². The van der Waals surface area contributed by atoms with Gasteiger partial charge < -0.3 is 16.0 Å². The van der Waals surface area contributed by atoms with E-state index in [1.807, 2.05) is 42.6 Å². The van der Waals surface area contributed by atoms with E-state index in [0.29, 0.717) is 42.1 Å². The first kappa shape index (κ1) is 20.5. The van der Waals surface area contributed by atoms with E-state index >= 15 is 0 Å². The summed E-state index contributed by atoms with van der Waals surface area (Å²) in [6.07, 6.45) is 1.71. The fraction of sp³-hybridized carbons (Fsp3) is 0.190. The van der Waals surface area contributed by atoms with Gasteiger partial charge in [0.05, 0.1) is 4.88 Å². The molecule has 0 atom stereocenters. The maximum atomic E-state index is 12.5. The molecule has 4 aromatic rings. The van der Waals surface area contributed by atoms with Gasteiger partial charge in [-0.25, -0.2) is 15.0 Å². The Labute approximate surface area is 183 Å².